The van der Waals surface area contributed by atoms with Gasteiger partial charge in [0.05, 0.1) is 16.3 Å². The number of hydrogen-bond acceptors (Lipinski definition) is 6. The summed E-state index contributed by atoms with van der Waals surface area (Å²) in [6.45, 7) is 0.342. The Morgan fingerprint density at radius 3 is 2.52 bits per heavy atom. The van der Waals surface area contributed by atoms with Gasteiger partial charge in [0.2, 0.25) is 17.6 Å². The standard InChI is InChI=1S/C21H28N6O3S/c22-18(29)12-6-1-2-7-13(12)19(30)26-15(9-5-11-25-21(23)24)17(28)20-27-14-8-3-4-10-16(14)31-20/h3-4,8,10,12-13,15H,1-2,5-7,9,11H2,(H2,22,29)(H,26,30)(H4,23,24,25). The number of nitrogens with zero attached hydrogens (tertiary/aromatic N) is 2. The number of Topliss-reactive ketones (excluding diaryl/α,β-unsaturated/α-hetero) is 1. The Morgan fingerprint density at radius 2 is 1.84 bits per heavy atom. The van der Waals surface area contributed by atoms with E-state index in [2.05, 4.69) is 15.3 Å². The van der Waals surface area contributed by atoms with E-state index >= 15 is 0 Å². The number of nitrogens with two attached hydrogens (primary N) is 3. The molecule has 1 heterocycles. The van der Waals surface area contributed by atoms with Crippen LogP contribution in [0.5, 0.6) is 0 Å². The van der Waals surface area contributed by atoms with Gasteiger partial charge in [-0.25, -0.2) is 4.98 Å². The largest absolute Gasteiger partial charge is 0.370 e. The molecule has 1 aromatic heterocycles. The molecule has 166 valence electrons. The van der Waals surface area contributed by atoms with Gasteiger partial charge in [-0.3, -0.25) is 19.4 Å². The van der Waals surface area contributed by atoms with Crippen molar-refractivity contribution >= 4 is 45.1 Å². The first kappa shape index (κ1) is 22.7. The second kappa shape index (κ2) is 10.3. The highest BCUT2D eigenvalue weighted by Crippen LogP contribution is 2.30. The number of hydrogen-bond donors (Lipinski definition) is 4. The summed E-state index contributed by atoms with van der Waals surface area (Å²) in [7, 11) is 0. The van der Waals surface area contributed by atoms with Crippen molar-refractivity contribution in [1.82, 2.24) is 10.3 Å². The molecule has 0 aliphatic heterocycles. The number of ketones is 1. The first-order valence-electron chi connectivity index (χ1n) is 10.4. The van der Waals surface area contributed by atoms with Gasteiger partial charge in [-0.05, 0) is 37.8 Å². The molecule has 1 fully saturated rings. The molecular formula is C21H28N6O3S. The van der Waals surface area contributed by atoms with Crippen LogP contribution in [-0.4, -0.2) is 41.1 Å². The van der Waals surface area contributed by atoms with E-state index in [1.165, 1.54) is 11.3 Å². The predicted molar refractivity (Wildman–Crippen MR) is 120 cm³/mol. The minimum absolute atomic E-state index is 0.0235. The van der Waals surface area contributed by atoms with E-state index in [-0.39, 0.29) is 17.6 Å². The van der Waals surface area contributed by atoms with Crippen LogP contribution in [0.4, 0.5) is 0 Å². The summed E-state index contributed by atoms with van der Waals surface area (Å²) in [5.41, 5.74) is 17.0. The van der Waals surface area contributed by atoms with Crippen LogP contribution in [0.1, 0.15) is 48.3 Å². The predicted octanol–water partition coefficient (Wildman–Crippen LogP) is 1.31. The Kier molecular flexibility index (Phi) is 7.56. The Balaban J connectivity index is 1.77. The molecule has 3 atom stereocenters. The Labute approximate surface area is 184 Å². The number of nitrogens with one attached hydrogen (secondary N) is 1. The molecule has 3 unspecified atom stereocenters. The minimum atomic E-state index is -0.780. The monoisotopic (exact) mass is 444 g/mol. The molecular weight excluding hydrogens is 416 g/mol. The molecule has 10 heteroatoms. The number of guanidine groups is 1. The number of carbonyl (C=O) groups excluding carboxylic acids is 3. The molecule has 7 N–H and O–H groups in total. The topological polar surface area (TPSA) is 167 Å². The zero-order valence-corrected chi connectivity index (χ0v) is 18.1. The maximum absolute atomic E-state index is 13.2. The average Bonchev–Trinajstić information content (AvgIpc) is 3.19. The van der Waals surface area contributed by atoms with Gasteiger partial charge in [0.1, 0.15) is 0 Å². The van der Waals surface area contributed by atoms with Crippen LogP contribution in [0.25, 0.3) is 10.2 Å². The molecule has 2 aromatic rings. The lowest BCUT2D eigenvalue weighted by Crippen LogP contribution is -2.48. The Hall–Kier alpha value is -3.01. The van der Waals surface area contributed by atoms with Crippen LogP contribution in [-0.2, 0) is 9.59 Å². The summed E-state index contributed by atoms with van der Waals surface area (Å²) >= 11 is 1.29. The van der Waals surface area contributed by atoms with Crippen LogP contribution in [0.3, 0.4) is 0 Å². The molecule has 1 aliphatic carbocycles. The number of thiazole rings is 1. The quantitative estimate of drug-likeness (QED) is 0.197. The van der Waals surface area contributed by atoms with E-state index in [4.69, 9.17) is 17.2 Å². The molecule has 3 rings (SSSR count). The van der Waals surface area contributed by atoms with Crippen LogP contribution in [0.2, 0.25) is 0 Å². The lowest BCUT2D eigenvalue weighted by Gasteiger charge is -2.29. The van der Waals surface area contributed by atoms with E-state index in [1.54, 1.807) is 0 Å². The highest BCUT2D eigenvalue weighted by molar-refractivity contribution is 7.20. The summed E-state index contributed by atoms with van der Waals surface area (Å²) < 4.78 is 0.900. The van der Waals surface area contributed by atoms with E-state index in [9.17, 15) is 14.4 Å². The normalized spacial score (nSPS) is 19.5. The minimum Gasteiger partial charge on any atom is -0.370 e. The fraction of sp³-hybridized carbons (Fsp3) is 0.476. The van der Waals surface area contributed by atoms with Crippen molar-refractivity contribution in [3.63, 3.8) is 0 Å². The molecule has 1 aromatic carbocycles. The number of benzene rings is 1. The lowest BCUT2D eigenvalue weighted by atomic mass is 9.78. The number of para-hydroxylation sites is 1. The Bertz CT molecular complexity index is 951. The van der Waals surface area contributed by atoms with E-state index in [0.29, 0.717) is 37.2 Å². The molecule has 0 bridgehead atoms. The molecule has 0 radical (unpaired) electrons. The summed E-state index contributed by atoms with van der Waals surface area (Å²) in [4.78, 5) is 46.4. The number of carbonyl (C=O) groups is 3. The second-order valence-corrected chi connectivity index (χ2v) is 8.79. The van der Waals surface area contributed by atoms with Gasteiger partial charge in [0.15, 0.2) is 11.0 Å². The fourth-order valence-corrected chi connectivity index (χ4v) is 4.92. The maximum atomic E-state index is 13.2. The number of rotatable bonds is 9. The van der Waals surface area contributed by atoms with Crippen molar-refractivity contribution in [1.29, 1.82) is 0 Å². The number of aromatic nitrogens is 1. The van der Waals surface area contributed by atoms with Gasteiger partial charge in [-0.2, -0.15) is 0 Å². The van der Waals surface area contributed by atoms with Gasteiger partial charge in [0.25, 0.3) is 0 Å². The lowest BCUT2D eigenvalue weighted by molar-refractivity contribution is -0.135. The maximum Gasteiger partial charge on any atom is 0.224 e. The summed E-state index contributed by atoms with van der Waals surface area (Å²) in [5.74, 6) is -2.09. The first-order chi connectivity index (χ1) is 14.9. The van der Waals surface area contributed by atoms with Crippen LogP contribution >= 0.6 is 11.3 Å². The van der Waals surface area contributed by atoms with Crippen molar-refractivity contribution in [2.75, 3.05) is 6.54 Å². The third kappa shape index (κ3) is 5.78. The van der Waals surface area contributed by atoms with E-state index in [0.717, 1.165) is 23.1 Å². The Morgan fingerprint density at radius 1 is 1.13 bits per heavy atom. The summed E-state index contributed by atoms with van der Waals surface area (Å²) in [6, 6.07) is 6.70. The van der Waals surface area contributed by atoms with E-state index in [1.807, 2.05) is 24.3 Å². The third-order valence-electron chi connectivity index (χ3n) is 5.55. The van der Waals surface area contributed by atoms with E-state index < -0.39 is 23.8 Å². The van der Waals surface area contributed by atoms with Crippen molar-refractivity contribution in [2.45, 2.75) is 44.6 Å². The SMILES string of the molecule is NC(=O)C1CCCCC1C(=O)NC(CCCN=C(N)N)C(=O)c1nc2ccccc2s1. The third-order valence-corrected chi connectivity index (χ3v) is 6.60. The zero-order chi connectivity index (χ0) is 22.4. The van der Waals surface area contributed by atoms with Gasteiger partial charge in [-0.15, -0.1) is 11.3 Å². The molecule has 1 aliphatic rings. The van der Waals surface area contributed by atoms with Crippen LogP contribution in [0.15, 0.2) is 29.3 Å². The number of primary amides is 1. The highest BCUT2D eigenvalue weighted by Gasteiger charge is 2.36. The van der Waals surface area contributed by atoms with Crippen molar-refractivity contribution in [3.8, 4) is 0 Å². The fourth-order valence-electron chi connectivity index (χ4n) is 3.96. The zero-order valence-electron chi connectivity index (χ0n) is 17.3. The highest BCUT2D eigenvalue weighted by atomic mass is 32.1. The van der Waals surface area contributed by atoms with Crippen LogP contribution < -0.4 is 22.5 Å². The number of amides is 2. The van der Waals surface area contributed by atoms with Gasteiger partial charge in [-0.1, -0.05) is 25.0 Å². The molecule has 0 spiro atoms. The van der Waals surface area contributed by atoms with Gasteiger partial charge in [0, 0.05) is 18.4 Å². The molecule has 1 saturated carbocycles. The van der Waals surface area contributed by atoms with Crippen molar-refractivity contribution < 1.29 is 14.4 Å². The molecule has 9 nitrogen and oxygen atoms in total. The average molecular weight is 445 g/mol. The molecule has 2 amide bonds. The molecule has 0 saturated heterocycles. The number of aliphatic imine (C=N–C) groups is 1. The first-order valence-corrected chi connectivity index (χ1v) is 11.2. The smallest absolute Gasteiger partial charge is 0.224 e. The summed E-state index contributed by atoms with van der Waals surface area (Å²) in [6.07, 6.45) is 3.74. The summed E-state index contributed by atoms with van der Waals surface area (Å²) in [5, 5.41) is 3.20. The van der Waals surface area contributed by atoms with Gasteiger partial charge >= 0.3 is 0 Å². The van der Waals surface area contributed by atoms with Crippen LogP contribution in [0, 0.1) is 11.8 Å². The van der Waals surface area contributed by atoms with Gasteiger partial charge < -0.3 is 22.5 Å². The molecule has 31 heavy (non-hydrogen) atoms. The van der Waals surface area contributed by atoms with Crippen molar-refractivity contribution in [3.05, 3.63) is 29.3 Å². The second-order valence-electron chi connectivity index (χ2n) is 7.76. The van der Waals surface area contributed by atoms with Crippen molar-refractivity contribution in [2.24, 2.45) is 34.0 Å². The number of fused-ring (bicyclic) bond motifs is 1.